The molecule has 2 aromatic carbocycles. The summed E-state index contributed by atoms with van der Waals surface area (Å²) in [5.41, 5.74) is 3.84. The molecule has 0 aromatic heterocycles. The van der Waals surface area contributed by atoms with Crippen LogP contribution in [0.3, 0.4) is 0 Å². The van der Waals surface area contributed by atoms with E-state index in [1.165, 1.54) is 12.0 Å². The van der Waals surface area contributed by atoms with Gasteiger partial charge in [0.15, 0.2) is 6.61 Å². The van der Waals surface area contributed by atoms with Crippen LogP contribution in [-0.2, 0) is 9.53 Å². The molecule has 0 aliphatic carbocycles. The quantitative estimate of drug-likeness (QED) is 0.684. The summed E-state index contributed by atoms with van der Waals surface area (Å²) >= 11 is 0. The van der Waals surface area contributed by atoms with Gasteiger partial charge >= 0.3 is 5.97 Å². The number of ether oxygens (including phenoxy) is 2. The molecule has 0 aliphatic rings. The molecular formula is C22H24N2O4. The third kappa shape index (κ3) is 5.34. The molecule has 6 heteroatoms. The van der Waals surface area contributed by atoms with Crippen molar-refractivity contribution in [1.82, 2.24) is 0 Å². The maximum Gasteiger partial charge on any atom is 0.342 e. The number of amides is 1. The SMILES string of the molecule is COc1ccc(C)cc1C(=O)OCC(=O)N(CCC#N)c1cc(C)cc(C)c1. The molecule has 0 bridgehead atoms. The first kappa shape index (κ1) is 21.0. The molecule has 0 radical (unpaired) electrons. The van der Waals surface area contributed by atoms with Gasteiger partial charge in [0.05, 0.1) is 19.6 Å². The van der Waals surface area contributed by atoms with E-state index in [0.717, 1.165) is 16.7 Å². The van der Waals surface area contributed by atoms with E-state index in [1.807, 2.05) is 51.1 Å². The number of hydrogen-bond donors (Lipinski definition) is 0. The van der Waals surface area contributed by atoms with Crippen LogP contribution in [0.15, 0.2) is 36.4 Å². The smallest absolute Gasteiger partial charge is 0.342 e. The van der Waals surface area contributed by atoms with Gasteiger partial charge in [0.25, 0.3) is 5.91 Å². The molecule has 28 heavy (non-hydrogen) atoms. The number of benzene rings is 2. The van der Waals surface area contributed by atoms with Gasteiger partial charge in [-0.15, -0.1) is 0 Å². The Balaban J connectivity index is 2.16. The van der Waals surface area contributed by atoms with Crippen LogP contribution in [0.5, 0.6) is 5.75 Å². The molecule has 6 nitrogen and oxygen atoms in total. The maximum absolute atomic E-state index is 12.7. The molecule has 2 rings (SSSR count). The van der Waals surface area contributed by atoms with Crippen molar-refractivity contribution in [3.8, 4) is 11.8 Å². The first-order valence-electron chi connectivity index (χ1n) is 8.93. The Morgan fingerprint density at radius 3 is 2.32 bits per heavy atom. The maximum atomic E-state index is 12.7. The Hall–Kier alpha value is -3.33. The number of esters is 1. The number of anilines is 1. The van der Waals surface area contributed by atoms with Gasteiger partial charge in [-0.3, -0.25) is 4.79 Å². The highest BCUT2D eigenvalue weighted by atomic mass is 16.5. The summed E-state index contributed by atoms with van der Waals surface area (Å²) in [4.78, 5) is 26.7. The number of hydrogen-bond acceptors (Lipinski definition) is 5. The number of rotatable bonds is 7. The van der Waals surface area contributed by atoms with Gasteiger partial charge in [-0.25, -0.2) is 4.79 Å². The van der Waals surface area contributed by atoms with Gasteiger partial charge in [-0.05, 0) is 56.2 Å². The lowest BCUT2D eigenvalue weighted by Gasteiger charge is -2.22. The molecule has 0 atom stereocenters. The number of carbonyl (C=O) groups excluding carboxylic acids is 2. The standard InChI is InChI=1S/C22H24N2O4/c1-15-6-7-20(27-4)19(13-15)22(26)28-14-21(25)24(9-5-8-23)18-11-16(2)10-17(3)12-18/h6-7,10-13H,5,9,14H2,1-4H3. The van der Waals surface area contributed by atoms with Crippen LogP contribution >= 0.6 is 0 Å². The van der Waals surface area contributed by atoms with Crippen LogP contribution in [0.4, 0.5) is 5.69 Å². The summed E-state index contributed by atoms with van der Waals surface area (Å²) < 4.78 is 10.4. The van der Waals surface area contributed by atoms with E-state index < -0.39 is 12.6 Å². The Morgan fingerprint density at radius 1 is 1.04 bits per heavy atom. The minimum absolute atomic E-state index is 0.179. The van der Waals surface area contributed by atoms with Crippen molar-refractivity contribution in [2.75, 3.05) is 25.2 Å². The molecule has 1 amide bonds. The second kappa shape index (κ2) is 9.56. The molecule has 0 N–H and O–H groups in total. The second-order valence-corrected chi connectivity index (χ2v) is 6.58. The van der Waals surface area contributed by atoms with Crippen LogP contribution in [0, 0.1) is 32.1 Å². The number of methoxy groups -OCH3 is 1. The number of nitrogens with zero attached hydrogens (tertiary/aromatic N) is 2. The summed E-state index contributed by atoms with van der Waals surface area (Å²) in [6, 6.07) is 12.9. The van der Waals surface area contributed by atoms with Crippen LogP contribution < -0.4 is 9.64 Å². The predicted octanol–water partition coefficient (Wildman–Crippen LogP) is 3.72. The van der Waals surface area contributed by atoms with Crippen molar-refractivity contribution in [3.63, 3.8) is 0 Å². The fourth-order valence-electron chi connectivity index (χ4n) is 2.93. The van der Waals surface area contributed by atoms with Gasteiger partial charge in [-0.1, -0.05) is 17.7 Å². The van der Waals surface area contributed by atoms with E-state index in [0.29, 0.717) is 11.4 Å². The Bertz CT molecular complexity index is 895. The van der Waals surface area contributed by atoms with Gasteiger partial charge in [-0.2, -0.15) is 5.26 Å². The van der Waals surface area contributed by atoms with Gasteiger partial charge in [0.1, 0.15) is 11.3 Å². The van der Waals surface area contributed by atoms with Crippen molar-refractivity contribution in [1.29, 1.82) is 5.26 Å². The van der Waals surface area contributed by atoms with Crippen molar-refractivity contribution < 1.29 is 19.1 Å². The molecule has 0 unspecified atom stereocenters. The topological polar surface area (TPSA) is 79.6 Å². The summed E-state index contributed by atoms with van der Waals surface area (Å²) in [7, 11) is 1.47. The Labute approximate surface area is 165 Å². The minimum atomic E-state index is -0.630. The predicted molar refractivity (Wildman–Crippen MR) is 107 cm³/mol. The zero-order valence-electron chi connectivity index (χ0n) is 16.6. The molecule has 0 aliphatic heterocycles. The second-order valence-electron chi connectivity index (χ2n) is 6.58. The number of nitriles is 1. The molecule has 0 saturated heterocycles. The van der Waals surface area contributed by atoms with E-state index in [2.05, 4.69) is 0 Å². The first-order valence-corrected chi connectivity index (χ1v) is 8.93. The zero-order valence-corrected chi connectivity index (χ0v) is 16.6. The number of aryl methyl sites for hydroxylation is 3. The highest BCUT2D eigenvalue weighted by molar-refractivity contribution is 5.98. The summed E-state index contributed by atoms with van der Waals surface area (Å²) in [5, 5.41) is 8.92. The average molecular weight is 380 g/mol. The van der Waals surface area contributed by atoms with Crippen molar-refractivity contribution in [2.45, 2.75) is 27.2 Å². The zero-order chi connectivity index (χ0) is 20.7. The Kier molecular flexibility index (Phi) is 7.16. The molecule has 2 aromatic rings. The molecule has 0 spiro atoms. The summed E-state index contributed by atoms with van der Waals surface area (Å²) in [5.74, 6) is -0.631. The largest absolute Gasteiger partial charge is 0.496 e. The third-order valence-corrected chi connectivity index (χ3v) is 4.17. The summed E-state index contributed by atoms with van der Waals surface area (Å²) in [6.45, 7) is 5.53. The Morgan fingerprint density at radius 2 is 1.71 bits per heavy atom. The fraction of sp³-hybridized carbons (Fsp3) is 0.318. The third-order valence-electron chi connectivity index (χ3n) is 4.17. The fourth-order valence-corrected chi connectivity index (χ4v) is 2.93. The lowest BCUT2D eigenvalue weighted by atomic mass is 10.1. The van der Waals surface area contributed by atoms with Crippen molar-refractivity contribution in [2.24, 2.45) is 0 Å². The van der Waals surface area contributed by atoms with Crippen molar-refractivity contribution >= 4 is 17.6 Å². The van der Waals surface area contributed by atoms with Crippen LogP contribution in [0.25, 0.3) is 0 Å². The molecule has 146 valence electrons. The summed E-state index contributed by atoms with van der Waals surface area (Å²) in [6.07, 6.45) is 0.179. The first-order chi connectivity index (χ1) is 13.3. The highest BCUT2D eigenvalue weighted by Crippen LogP contribution is 2.22. The van der Waals surface area contributed by atoms with Crippen LogP contribution in [0.1, 0.15) is 33.5 Å². The normalized spacial score (nSPS) is 10.1. The monoisotopic (exact) mass is 380 g/mol. The van der Waals surface area contributed by atoms with Crippen molar-refractivity contribution in [3.05, 3.63) is 58.7 Å². The van der Waals surface area contributed by atoms with Gasteiger partial charge < -0.3 is 14.4 Å². The molecule has 0 fully saturated rings. The molecule has 0 heterocycles. The molecular weight excluding hydrogens is 356 g/mol. The molecule has 0 saturated carbocycles. The van der Waals surface area contributed by atoms with E-state index in [4.69, 9.17) is 14.7 Å². The van der Waals surface area contributed by atoms with E-state index in [-0.39, 0.29) is 24.4 Å². The van der Waals surface area contributed by atoms with E-state index >= 15 is 0 Å². The van der Waals surface area contributed by atoms with Gasteiger partial charge in [0.2, 0.25) is 0 Å². The minimum Gasteiger partial charge on any atom is -0.496 e. The van der Waals surface area contributed by atoms with Gasteiger partial charge in [0, 0.05) is 12.2 Å². The highest BCUT2D eigenvalue weighted by Gasteiger charge is 2.20. The average Bonchev–Trinajstić information content (AvgIpc) is 2.65. The lowest BCUT2D eigenvalue weighted by Crippen LogP contribution is -2.35. The van der Waals surface area contributed by atoms with E-state index in [1.54, 1.807) is 12.1 Å². The van der Waals surface area contributed by atoms with Crippen LogP contribution in [-0.4, -0.2) is 32.1 Å². The van der Waals surface area contributed by atoms with Crippen LogP contribution in [0.2, 0.25) is 0 Å². The lowest BCUT2D eigenvalue weighted by molar-refractivity contribution is -0.121. The number of carbonyl (C=O) groups is 2. The van der Waals surface area contributed by atoms with E-state index in [9.17, 15) is 9.59 Å².